The minimum atomic E-state index is -3.53. The highest BCUT2D eigenvalue weighted by Crippen LogP contribution is 2.73. The summed E-state index contributed by atoms with van der Waals surface area (Å²) in [6.07, 6.45) is 0.403. The highest BCUT2D eigenvalue weighted by atomic mass is 31.2. The quantitative estimate of drug-likeness (QED) is 0.163. The number of aliphatic hydroxyl groups is 2. The number of carbonyl (C=O) groups is 1. The normalized spacial score (nSPS) is 34.8. The standard InChI is InChI=1S/C28H34N7O8P/c29-12-27(24(37)22(36)23(42-27)20-9-10-21-25(31)33-15-34-35(20)21)13-41-18-5-7-19(8-6-18)43-44(39)14-28(44,32)26(38)40-11-16-1-3-17(30)4-2-16/h5-10,15-17,22-24,36-37H,1-4,11,13-14,30,32H2,(H2,31,33,34)/t16?,17?,22-,23-,24-,27+,28?,44?/m0/s1. The van der Waals surface area contributed by atoms with E-state index in [2.05, 4.69) is 10.1 Å². The molecule has 2 unspecified atom stereocenters. The fourth-order valence-electron chi connectivity index (χ4n) is 5.71. The van der Waals surface area contributed by atoms with Crippen molar-refractivity contribution in [1.29, 1.82) is 5.26 Å². The number of fused-ring (bicyclic) bond motifs is 1. The van der Waals surface area contributed by atoms with E-state index in [1.165, 1.54) is 35.1 Å². The second-order valence-corrected chi connectivity index (χ2v) is 14.3. The molecule has 1 aromatic carbocycles. The number of carbonyl (C=O) groups excluding carboxylic acids is 1. The molecule has 0 amide bonds. The van der Waals surface area contributed by atoms with Crippen molar-refractivity contribution in [1.82, 2.24) is 14.6 Å². The summed E-state index contributed by atoms with van der Waals surface area (Å²) in [6.45, 7) is -0.218. The van der Waals surface area contributed by atoms with Crippen LogP contribution >= 0.6 is 7.37 Å². The molecule has 1 saturated carbocycles. The second-order valence-electron chi connectivity index (χ2n) is 11.7. The number of aliphatic hydroxyl groups excluding tert-OH is 2. The van der Waals surface area contributed by atoms with E-state index >= 15 is 0 Å². The third-order valence-corrected chi connectivity index (χ3v) is 11.2. The van der Waals surface area contributed by atoms with E-state index in [1.54, 1.807) is 12.1 Å². The first kappa shape index (κ1) is 30.3. The van der Waals surface area contributed by atoms with Gasteiger partial charge >= 0.3 is 5.97 Å². The van der Waals surface area contributed by atoms with Crippen molar-refractivity contribution in [3.63, 3.8) is 0 Å². The van der Waals surface area contributed by atoms with Gasteiger partial charge in [-0.1, -0.05) is 0 Å². The number of anilines is 1. The summed E-state index contributed by atoms with van der Waals surface area (Å²) in [5.41, 5.74) is 16.9. The Morgan fingerprint density at radius 3 is 2.57 bits per heavy atom. The molecular weight excluding hydrogens is 593 g/mol. The van der Waals surface area contributed by atoms with Crippen molar-refractivity contribution >= 4 is 24.7 Å². The second kappa shape index (κ2) is 11.3. The summed E-state index contributed by atoms with van der Waals surface area (Å²) in [7, 11) is -3.53. The number of esters is 1. The molecule has 2 aromatic heterocycles. The van der Waals surface area contributed by atoms with Crippen molar-refractivity contribution in [2.24, 2.45) is 17.4 Å². The van der Waals surface area contributed by atoms with Crippen molar-refractivity contribution < 1.29 is 38.3 Å². The van der Waals surface area contributed by atoms with Crippen LogP contribution in [0, 0.1) is 17.2 Å². The molecule has 2 saturated heterocycles. The number of nitrogens with two attached hydrogens (primary N) is 3. The van der Waals surface area contributed by atoms with Gasteiger partial charge in [0.25, 0.3) is 7.37 Å². The molecule has 6 rings (SSSR count). The third-order valence-electron chi connectivity index (χ3n) is 8.62. The van der Waals surface area contributed by atoms with Gasteiger partial charge in [0.1, 0.15) is 54.3 Å². The number of benzene rings is 1. The minimum absolute atomic E-state index is 0.133. The fourth-order valence-corrected chi connectivity index (χ4v) is 7.78. The molecule has 234 valence electrons. The Balaban J connectivity index is 1.06. The Morgan fingerprint density at radius 2 is 1.86 bits per heavy atom. The lowest BCUT2D eigenvalue weighted by Crippen LogP contribution is -2.46. The average molecular weight is 628 g/mol. The number of ether oxygens (including phenoxy) is 3. The first-order valence-electron chi connectivity index (χ1n) is 14.3. The molecule has 1 aliphatic carbocycles. The van der Waals surface area contributed by atoms with Gasteiger partial charge in [0, 0.05) is 6.04 Å². The predicted octanol–water partition coefficient (Wildman–Crippen LogP) is 0.832. The highest BCUT2D eigenvalue weighted by molar-refractivity contribution is 7.70. The van der Waals surface area contributed by atoms with Crippen LogP contribution in [0.4, 0.5) is 5.82 Å². The topological polar surface area (TPSA) is 244 Å². The Kier molecular flexibility index (Phi) is 7.77. The maximum Gasteiger partial charge on any atom is 0.338 e. The summed E-state index contributed by atoms with van der Waals surface area (Å²) >= 11 is 0. The minimum Gasteiger partial charge on any atom is -0.489 e. The summed E-state index contributed by atoms with van der Waals surface area (Å²) in [5.74, 6) is 0.158. The van der Waals surface area contributed by atoms with E-state index in [0.717, 1.165) is 25.7 Å². The molecule has 3 aliphatic rings. The number of hydrogen-bond donors (Lipinski definition) is 5. The van der Waals surface area contributed by atoms with E-state index in [9.17, 15) is 24.8 Å². The van der Waals surface area contributed by atoms with Crippen molar-refractivity contribution in [2.75, 3.05) is 25.1 Å². The summed E-state index contributed by atoms with van der Waals surface area (Å²) < 4.78 is 37.4. The van der Waals surface area contributed by atoms with Gasteiger partial charge in [-0.2, -0.15) is 10.4 Å². The molecule has 3 aromatic rings. The molecular formula is C28H34N7O8P. The molecule has 6 atom stereocenters. The molecule has 44 heavy (non-hydrogen) atoms. The number of aromatic nitrogens is 3. The Hall–Kier alpha value is -3.77. The van der Waals surface area contributed by atoms with Crippen molar-refractivity contribution in [2.45, 2.75) is 60.9 Å². The van der Waals surface area contributed by atoms with Crippen LogP contribution in [-0.2, 0) is 18.8 Å². The van der Waals surface area contributed by atoms with Gasteiger partial charge in [0.15, 0.2) is 5.82 Å². The summed E-state index contributed by atoms with van der Waals surface area (Å²) in [5, 5.41) is 34.0. The van der Waals surface area contributed by atoms with Crippen molar-refractivity contribution in [3.05, 3.63) is 48.4 Å². The van der Waals surface area contributed by atoms with E-state index in [4.69, 9.17) is 35.9 Å². The molecule has 16 heteroatoms. The number of hydrogen-bond acceptors (Lipinski definition) is 14. The highest BCUT2D eigenvalue weighted by Gasteiger charge is 2.72. The number of nitrogens with zero attached hydrogens (tertiary/aromatic N) is 4. The van der Waals surface area contributed by atoms with Crippen LogP contribution in [0.3, 0.4) is 0 Å². The van der Waals surface area contributed by atoms with Gasteiger partial charge in [-0.25, -0.2) is 14.3 Å². The largest absolute Gasteiger partial charge is 0.489 e. The van der Waals surface area contributed by atoms with Crippen LogP contribution in [0.2, 0.25) is 0 Å². The molecule has 0 spiro atoms. The Labute approximate surface area is 252 Å². The zero-order chi connectivity index (χ0) is 31.3. The van der Waals surface area contributed by atoms with Crippen LogP contribution in [-0.4, -0.2) is 79.3 Å². The van der Waals surface area contributed by atoms with E-state index in [-0.39, 0.29) is 42.0 Å². The molecule has 15 nitrogen and oxygen atoms in total. The molecule has 0 radical (unpaired) electrons. The Bertz CT molecular complexity index is 1640. The maximum atomic E-state index is 13.2. The zero-order valence-corrected chi connectivity index (χ0v) is 24.6. The van der Waals surface area contributed by atoms with E-state index < -0.39 is 49.1 Å². The zero-order valence-electron chi connectivity index (χ0n) is 23.7. The van der Waals surface area contributed by atoms with Gasteiger partial charge in [-0.15, -0.1) is 0 Å². The summed E-state index contributed by atoms with van der Waals surface area (Å²) in [4.78, 5) is 16.6. The van der Waals surface area contributed by atoms with Crippen LogP contribution in [0.25, 0.3) is 5.52 Å². The number of nitriles is 1. The maximum absolute atomic E-state index is 13.2. The average Bonchev–Trinajstić information content (AvgIpc) is 3.27. The monoisotopic (exact) mass is 627 g/mol. The third kappa shape index (κ3) is 5.27. The molecule has 4 heterocycles. The lowest BCUT2D eigenvalue weighted by atomic mass is 9.87. The number of nitrogen functional groups attached to an aromatic ring is 1. The summed E-state index contributed by atoms with van der Waals surface area (Å²) in [6, 6.07) is 11.3. The van der Waals surface area contributed by atoms with E-state index in [0.29, 0.717) is 11.2 Å². The van der Waals surface area contributed by atoms with Gasteiger partial charge in [-0.05, 0) is 68.0 Å². The van der Waals surface area contributed by atoms with Crippen LogP contribution in [0.1, 0.15) is 37.5 Å². The molecule has 8 N–H and O–H groups in total. The molecule has 0 bridgehead atoms. The van der Waals surface area contributed by atoms with Gasteiger partial charge in [0.05, 0.1) is 18.5 Å². The Morgan fingerprint density at radius 1 is 1.16 bits per heavy atom. The molecule has 2 aliphatic heterocycles. The lowest BCUT2D eigenvalue weighted by molar-refractivity contribution is -0.146. The fraction of sp³-hybridized carbons (Fsp3) is 0.500. The van der Waals surface area contributed by atoms with Crippen LogP contribution in [0.15, 0.2) is 42.7 Å². The molecule has 3 fully saturated rings. The van der Waals surface area contributed by atoms with Gasteiger partial charge < -0.3 is 46.1 Å². The first-order chi connectivity index (χ1) is 21.0. The van der Waals surface area contributed by atoms with E-state index in [1.807, 2.05) is 6.07 Å². The van der Waals surface area contributed by atoms with Gasteiger partial charge in [-0.3, -0.25) is 4.57 Å². The van der Waals surface area contributed by atoms with Crippen molar-refractivity contribution in [3.8, 4) is 17.6 Å². The predicted molar refractivity (Wildman–Crippen MR) is 154 cm³/mol. The van der Waals surface area contributed by atoms with Crippen LogP contribution in [0.5, 0.6) is 11.5 Å². The smallest absolute Gasteiger partial charge is 0.338 e. The first-order valence-corrected chi connectivity index (χ1v) is 16.1. The number of rotatable bonds is 9. The van der Waals surface area contributed by atoms with Crippen LogP contribution < -0.4 is 26.5 Å². The SMILES string of the molecule is N#C[C@]1(COc2ccc(OP3(=O)CC3(N)C(=O)OCC3CCC(N)CC3)cc2)O[C@@H](c2ccc3c(N)ncnn23)[C@H](O)[C@@H]1O. The lowest BCUT2D eigenvalue weighted by Gasteiger charge is -2.26. The van der Waals surface area contributed by atoms with Gasteiger partial charge in [0.2, 0.25) is 10.9 Å².